The monoisotopic (exact) mass is 290 g/mol. The summed E-state index contributed by atoms with van der Waals surface area (Å²) in [5, 5.41) is 19.7. The maximum atomic E-state index is 11.2. The number of para-hydroxylation sites is 1. The standard InChI is InChI=1S/C13H10N2O6/c1-20-10-4-2-3-9(13(16)17)12(10)21-11-6-5-8(7-14-11)15(18)19/h2-7H,1H3,(H,16,17). The Hall–Kier alpha value is -3.16. The largest absolute Gasteiger partial charge is 0.493 e. The summed E-state index contributed by atoms with van der Waals surface area (Å²) >= 11 is 0. The maximum absolute atomic E-state index is 11.2. The molecule has 0 amide bonds. The Morgan fingerprint density at radius 1 is 1.33 bits per heavy atom. The van der Waals surface area contributed by atoms with Crippen LogP contribution in [0.4, 0.5) is 5.69 Å². The Balaban J connectivity index is 2.38. The van der Waals surface area contributed by atoms with Gasteiger partial charge in [-0.15, -0.1) is 0 Å². The molecule has 0 spiro atoms. The molecule has 1 heterocycles. The molecule has 0 radical (unpaired) electrons. The number of hydrogen-bond donors (Lipinski definition) is 1. The molecule has 0 saturated heterocycles. The van der Waals surface area contributed by atoms with Gasteiger partial charge in [-0.05, 0) is 12.1 Å². The average molecular weight is 290 g/mol. The molecule has 0 aliphatic carbocycles. The zero-order valence-corrected chi connectivity index (χ0v) is 10.8. The van der Waals surface area contributed by atoms with Crippen LogP contribution < -0.4 is 9.47 Å². The van der Waals surface area contributed by atoms with Crippen LogP contribution in [0.3, 0.4) is 0 Å². The van der Waals surface area contributed by atoms with Crippen LogP contribution in [-0.2, 0) is 0 Å². The van der Waals surface area contributed by atoms with E-state index in [2.05, 4.69) is 4.98 Å². The Morgan fingerprint density at radius 3 is 2.62 bits per heavy atom. The molecule has 0 saturated carbocycles. The van der Waals surface area contributed by atoms with E-state index in [1.807, 2.05) is 0 Å². The third kappa shape index (κ3) is 3.06. The lowest BCUT2D eigenvalue weighted by Gasteiger charge is -2.11. The van der Waals surface area contributed by atoms with Gasteiger partial charge in [0.05, 0.1) is 12.0 Å². The van der Waals surface area contributed by atoms with Gasteiger partial charge in [-0.2, -0.15) is 0 Å². The van der Waals surface area contributed by atoms with Crippen LogP contribution in [0.5, 0.6) is 17.4 Å². The number of pyridine rings is 1. The molecule has 0 atom stereocenters. The summed E-state index contributed by atoms with van der Waals surface area (Å²) in [6, 6.07) is 6.88. The maximum Gasteiger partial charge on any atom is 0.339 e. The lowest BCUT2D eigenvalue weighted by atomic mass is 10.2. The average Bonchev–Trinajstić information content (AvgIpc) is 2.47. The lowest BCUT2D eigenvalue weighted by molar-refractivity contribution is -0.385. The van der Waals surface area contributed by atoms with Crippen LogP contribution in [0.1, 0.15) is 10.4 Å². The van der Waals surface area contributed by atoms with Gasteiger partial charge in [0.15, 0.2) is 11.5 Å². The summed E-state index contributed by atoms with van der Waals surface area (Å²) < 4.78 is 10.4. The minimum atomic E-state index is -1.19. The molecule has 0 bridgehead atoms. The van der Waals surface area contributed by atoms with Crippen LogP contribution in [-0.4, -0.2) is 28.1 Å². The van der Waals surface area contributed by atoms with E-state index in [0.717, 1.165) is 6.20 Å². The van der Waals surface area contributed by atoms with Crippen molar-refractivity contribution in [1.29, 1.82) is 0 Å². The van der Waals surface area contributed by atoms with E-state index in [4.69, 9.17) is 14.6 Å². The Bertz CT molecular complexity index is 684. The molecular formula is C13H10N2O6. The molecule has 1 N–H and O–H groups in total. The number of rotatable bonds is 5. The fourth-order valence-corrected chi connectivity index (χ4v) is 1.60. The number of carbonyl (C=O) groups is 1. The van der Waals surface area contributed by atoms with Crippen molar-refractivity contribution >= 4 is 11.7 Å². The number of methoxy groups -OCH3 is 1. The van der Waals surface area contributed by atoms with E-state index in [0.29, 0.717) is 0 Å². The predicted molar refractivity (Wildman–Crippen MR) is 70.9 cm³/mol. The van der Waals surface area contributed by atoms with Crippen molar-refractivity contribution in [1.82, 2.24) is 4.98 Å². The number of nitrogens with zero attached hydrogens (tertiary/aromatic N) is 2. The van der Waals surface area contributed by atoms with Crippen molar-refractivity contribution in [2.24, 2.45) is 0 Å². The molecule has 0 unspecified atom stereocenters. The highest BCUT2D eigenvalue weighted by molar-refractivity contribution is 5.92. The molecule has 2 rings (SSSR count). The summed E-state index contributed by atoms with van der Waals surface area (Å²) in [5.41, 5.74) is -0.296. The van der Waals surface area contributed by atoms with Crippen LogP contribution in [0.2, 0.25) is 0 Å². The van der Waals surface area contributed by atoms with E-state index in [9.17, 15) is 14.9 Å². The fourth-order valence-electron chi connectivity index (χ4n) is 1.60. The molecule has 21 heavy (non-hydrogen) atoms. The normalized spacial score (nSPS) is 9.95. The predicted octanol–water partition coefficient (Wildman–Crippen LogP) is 2.49. The van der Waals surface area contributed by atoms with Gasteiger partial charge in [-0.3, -0.25) is 10.1 Å². The van der Waals surface area contributed by atoms with Crippen molar-refractivity contribution in [2.45, 2.75) is 0 Å². The first kappa shape index (κ1) is 14.3. The lowest BCUT2D eigenvalue weighted by Crippen LogP contribution is -2.02. The van der Waals surface area contributed by atoms with E-state index >= 15 is 0 Å². The number of aromatic nitrogens is 1. The van der Waals surface area contributed by atoms with E-state index < -0.39 is 10.9 Å². The Kier molecular flexibility index (Phi) is 3.98. The third-order valence-corrected chi connectivity index (χ3v) is 2.57. The highest BCUT2D eigenvalue weighted by atomic mass is 16.6. The van der Waals surface area contributed by atoms with Gasteiger partial charge >= 0.3 is 5.97 Å². The first-order chi connectivity index (χ1) is 10.0. The number of carboxylic acid groups (broad SMARTS) is 1. The molecule has 2 aromatic rings. The van der Waals surface area contributed by atoms with Crippen LogP contribution in [0.15, 0.2) is 36.5 Å². The number of carboxylic acids is 1. The van der Waals surface area contributed by atoms with Gasteiger partial charge in [0.2, 0.25) is 5.88 Å². The first-order valence-corrected chi connectivity index (χ1v) is 5.71. The number of ether oxygens (including phenoxy) is 2. The van der Waals surface area contributed by atoms with Crippen molar-refractivity contribution in [3.8, 4) is 17.4 Å². The second kappa shape index (κ2) is 5.87. The first-order valence-electron chi connectivity index (χ1n) is 5.71. The SMILES string of the molecule is COc1cccc(C(=O)O)c1Oc1ccc([N+](=O)[O-])cn1. The number of aromatic carboxylic acids is 1. The zero-order valence-electron chi connectivity index (χ0n) is 10.8. The molecular weight excluding hydrogens is 280 g/mol. The number of hydrogen-bond acceptors (Lipinski definition) is 6. The van der Waals surface area contributed by atoms with Crippen molar-refractivity contribution in [3.05, 3.63) is 52.2 Å². The minimum Gasteiger partial charge on any atom is -0.493 e. The summed E-state index contributed by atoms with van der Waals surface area (Å²) in [7, 11) is 1.37. The van der Waals surface area contributed by atoms with Gasteiger partial charge in [-0.25, -0.2) is 9.78 Å². The van der Waals surface area contributed by atoms with Crippen molar-refractivity contribution in [3.63, 3.8) is 0 Å². The topological polar surface area (TPSA) is 112 Å². The number of benzene rings is 1. The molecule has 8 heteroatoms. The zero-order chi connectivity index (χ0) is 15.4. The van der Waals surface area contributed by atoms with Gasteiger partial charge in [0.25, 0.3) is 5.69 Å². The summed E-state index contributed by atoms with van der Waals surface area (Å²) in [6.45, 7) is 0. The second-order valence-corrected chi connectivity index (χ2v) is 3.86. The Labute approximate surface area is 118 Å². The van der Waals surface area contributed by atoms with Crippen molar-refractivity contribution < 1.29 is 24.3 Å². The van der Waals surface area contributed by atoms with Gasteiger partial charge in [-0.1, -0.05) is 6.07 Å². The Morgan fingerprint density at radius 2 is 2.10 bits per heavy atom. The molecule has 0 fully saturated rings. The number of nitro groups is 1. The van der Waals surface area contributed by atoms with E-state index in [1.165, 1.54) is 37.4 Å². The highest BCUT2D eigenvalue weighted by Gasteiger charge is 2.18. The van der Waals surface area contributed by atoms with Crippen LogP contribution >= 0.6 is 0 Å². The summed E-state index contributed by atoms with van der Waals surface area (Å²) in [4.78, 5) is 24.9. The van der Waals surface area contributed by atoms with E-state index in [1.54, 1.807) is 0 Å². The smallest absolute Gasteiger partial charge is 0.339 e. The molecule has 1 aromatic carbocycles. The molecule has 8 nitrogen and oxygen atoms in total. The quantitative estimate of drug-likeness (QED) is 0.664. The fraction of sp³-hybridized carbons (Fsp3) is 0.0769. The molecule has 1 aromatic heterocycles. The molecule has 0 aliphatic rings. The third-order valence-electron chi connectivity index (χ3n) is 2.57. The van der Waals surface area contributed by atoms with Crippen LogP contribution in [0.25, 0.3) is 0 Å². The van der Waals surface area contributed by atoms with Crippen LogP contribution in [0, 0.1) is 10.1 Å². The molecule has 0 aliphatic heterocycles. The van der Waals surface area contributed by atoms with Gasteiger partial charge in [0.1, 0.15) is 11.8 Å². The van der Waals surface area contributed by atoms with E-state index in [-0.39, 0.29) is 28.6 Å². The summed E-state index contributed by atoms with van der Waals surface area (Å²) in [6.07, 6.45) is 1.02. The summed E-state index contributed by atoms with van der Waals surface area (Å²) in [5.74, 6) is -0.970. The highest BCUT2D eigenvalue weighted by Crippen LogP contribution is 2.34. The second-order valence-electron chi connectivity index (χ2n) is 3.86. The molecule has 108 valence electrons. The van der Waals surface area contributed by atoms with Crippen molar-refractivity contribution in [2.75, 3.05) is 7.11 Å². The van der Waals surface area contributed by atoms with Gasteiger partial charge in [0, 0.05) is 12.1 Å². The minimum absolute atomic E-state index is 0.0196. The van der Waals surface area contributed by atoms with Gasteiger partial charge < -0.3 is 14.6 Å².